The highest BCUT2D eigenvalue weighted by Crippen LogP contribution is 2.44. The number of amides is 1. The Hall–Kier alpha value is -2.16. The van der Waals surface area contributed by atoms with Crippen LogP contribution in [0.4, 0.5) is 4.79 Å². The van der Waals surface area contributed by atoms with Crippen LogP contribution in [0.5, 0.6) is 17.2 Å². The van der Waals surface area contributed by atoms with Crippen LogP contribution in [0.3, 0.4) is 0 Å². The van der Waals surface area contributed by atoms with Crippen molar-refractivity contribution in [3.8, 4) is 17.2 Å². The molecule has 0 heterocycles. The predicted octanol–water partition coefficient (Wildman–Crippen LogP) is 3.16. The fraction of sp³-hybridized carbons (Fsp3) is 0.529. The molecule has 0 radical (unpaired) electrons. The minimum atomic E-state index is -0.609. The Morgan fingerprint density at radius 1 is 1.08 bits per heavy atom. The molecule has 26 heavy (non-hydrogen) atoms. The third-order valence-electron chi connectivity index (χ3n) is 2.99. The molecule has 0 fully saturated rings. The highest BCUT2D eigenvalue weighted by atomic mass is 79.9. The molecule has 0 saturated heterocycles. The van der Waals surface area contributed by atoms with Crippen molar-refractivity contribution in [3.05, 3.63) is 16.1 Å². The Kier molecular flexibility index (Phi) is 8.01. The number of hydrogen-bond donors (Lipinski definition) is 1. The molecular weight excluding hydrogens is 410 g/mol. The third kappa shape index (κ3) is 5.98. The molecule has 0 unspecified atom stereocenters. The monoisotopic (exact) mass is 433 g/mol. The Morgan fingerprint density at radius 2 is 1.69 bits per heavy atom. The van der Waals surface area contributed by atoms with Crippen LogP contribution in [0.2, 0.25) is 0 Å². The van der Waals surface area contributed by atoms with Gasteiger partial charge in [0, 0.05) is 0 Å². The van der Waals surface area contributed by atoms with Crippen molar-refractivity contribution in [2.24, 2.45) is 0 Å². The Balaban J connectivity index is 2.75. The first-order valence-electron chi connectivity index (χ1n) is 7.77. The molecule has 8 nitrogen and oxygen atoms in total. The molecule has 9 heteroatoms. The lowest BCUT2D eigenvalue weighted by atomic mass is 10.2. The summed E-state index contributed by atoms with van der Waals surface area (Å²) in [6.07, 6.45) is -0.581. The second kappa shape index (κ2) is 9.51. The molecule has 0 aliphatic heterocycles. The van der Waals surface area contributed by atoms with Crippen LogP contribution in [-0.4, -0.2) is 52.1 Å². The molecule has 0 spiro atoms. The fourth-order valence-corrected chi connectivity index (χ4v) is 2.58. The van der Waals surface area contributed by atoms with Gasteiger partial charge in [-0.05, 0) is 42.8 Å². The summed E-state index contributed by atoms with van der Waals surface area (Å²) in [6, 6.07) is 1.48. The maximum absolute atomic E-state index is 12.3. The maximum Gasteiger partial charge on any atom is 0.407 e. The highest BCUT2D eigenvalue weighted by molar-refractivity contribution is 9.10. The summed E-state index contributed by atoms with van der Waals surface area (Å²) in [5.41, 5.74) is -0.390. The topological polar surface area (TPSA) is 92.3 Å². The first-order valence-corrected chi connectivity index (χ1v) is 8.56. The van der Waals surface area contributed by atoms with E-state index in [0.29, 0.717) is 21.7 Å². The lowest BCUT2D eigenvalue weighted by molar-refractivity contribution is 0.0432. The zero-order valence-corrected chi connectivity index (χ0v) is 17.3. The second-order valence-electron chi connectivity index (χ2n) is 6.07. The van der Waals surface area contributed by atoms with Crippen LogP contribution in [0.15, 0.2) is 10.5 Å². The van der Waals surface area contributed by atoms with E-state index in [1.165, 1.54) is 27.4 Å². The second-order valence-corrected chi connectivity index (χ2v) is 6.86. The number of benzene rings is 1. The van der Waals surface area contributed by atoms with Gasteiger partial charge in [-0.25, -0.2) is 9.59 Å². The molecule has 1 aromatic carbocycles. The largest absolute Gasteiger partial charge is 0.493 e. The van der Waals surface area contributed by atoms with E-state index < -0.39 is 17.7 Å². The average molecular weight is 434 g/mol. The summed E-state index contributed by atoms with van der Waals surface area (Å²) < 4.78 is 26.4. The molecule has 0 saturated carbocycles. The number of alkyl carbamates (subject to hydrolysis) is 1. The first-order chi connectivity index (χ1) is 12.1. The van der Waals surface area contributed by atoms with Crippen LogP contribution in [0.1, 0.15) is 31.1 Å². The van der Waals surface area contributed by atoms with Crippen LogP contribution >= 0.6 is 15.9 Å². The van der Waals surface area contributed by atoms with E-state index in [9.17, 15) is 9.59 Å². The van der Waals surface area contributed by atoms with Gasteiger partial charge in [0.15, 0.2) is 11.5 Å². The summed E-state index contributed by atoms with van der Waals surface area (Å²) in [5.74, 6) is 0.379. The van der Waals surface area contributed by atoms with Crippen LogP contribution < -0.4 is 19.5 Å². The summed E-state index contributed by atoms with van der Waals surface area (Å²) in [7, 11) is 4.36. The Bertz CT molecular complexity index is 655. The molecule has 1 amide bonds. The lowest BCUT2D eigenvalue weighted by Gasteiger charge is -2.19. The number of rotatable bonds is 7. The van der Waals surface area contributed by atoms with Gasteiger partial charge in [0.05, 0.1) is 37.9 Å². The number of hydrogen-bond acceptors (Lipinski definition) is 7. The number of carbonyl (C=O) groups excluding carboxylic acids is 2. The molecule has 1 aromatic rings. The number of carbonyl (C=O) groups is 2. The number of methoxy groups -OCH3 is 3. The van der Waals surface area contributed by atoms with Crippen molar-refractivity contribution in [1.29, 1.82) is 0 Å². The molecular formula is C17H24BrNO7. The molecule has 1 rings (SSSR count). The zero-order chi connectivity index (χ0) is 19.9. The molecule has 0 bridgehead atoms. The van der Waals surface area contributed by atoms with Gasteiger partial charge in [-0.15, -0.1) is 0 Å². The standard InChI is InChI=1S/C17H24BrNO7/c1-17(2,3)26-16(21)19-7-8-25-15(20)10-9-11(22-4)13(23-5)14(24-6)12(10)18/h9H,7-8H2,1-6H3,(H,19,21). The van der Waals surface area contributed by atoms with E-state index in [0.717, 1.165) is 0 Å². The van der Waals surface area contributed by atoms with Crippen molar-refractivity contribution in [1.82, 2.24) is 5.32 Å². The maximum atomic E-state index is 12.3. The van der Waals surface area contributed by atoms with Crippen LogP contribution in [-0.2, 0) is 9.47 Å². The van der Waals surface area contributed by atoms with Crippen molar-refractivity contribution in [2.45, 2.75) is 26.4 Å². The lowest BCUT2D eigenvalue weighted by Crippen LogP contribution is -2.34. The van der Waals surface area contributed by atoms with E-state index in [2.05, 4.69) is 21.2 Å². The van der Waals surface area contributed by atoms with E-state index >= 15 is 0 Å². The van der Waals surface area contributed by atoms with Gasteiger partial charge in [0.2, 0.25) is 5.75 Å². The minimum Gasteiger partial charge on any atom is -0.493 e. The van der Waals surface area contributed by atoms with Crippen molar-refractivity contribution < 1.29 is 33.3 Å². The normalized spacial score (nSPS) is 10.7. The fourth-order valence-electron chi connectivity index (χ4n) is 1.96. The third-order valence-corrected chi connectivity index (χ3v) is 3.78. The van der Waals surface area contributed by atoms with Crippen molar-refractivity contribution in [3.63, 3.8) is 0 Å². The zero-order valence-electron chi connectivity index (χ0n) is 15.7. The molecule has 0 atom stereocenters. The van der Waals surface area contributed by atoms with Gasteiger partial charge in [0.25, 0.3) is 0 Å². The summed E-state index contributed by atoms with van der Waals surface area (Å²) in [6.45, 7) is 5.36. The van der Waals surface area contributed by atoms with Gasteiger partial charge in [0.1, 0.15) is 12.2 Å². The van der Waals surface area contributed by atoms with E-state index in [1.807, 2.05) is 0 Å². The highest BCUT2D eigenvalue weighted by Gasteiger charge is 2.23. The number of esters is 1. The minimum absolute atomic E-state index is 0.0266. The predicted molar refractivity (Wildman–Crippen MR) is 98.3 cm³/mol. The van der Waals surface area contributed by atoms with Crippen LogP contribution in [0, 0.1) is 0 Å². The first kappa shape index (κ1) is 21.9. The van der Waals surface area contributed by atoms with Gasteiger partial charge in [-0.3, -0.25) is 0 Å². The summed E-state index contributed by atoms with van der Waals surface area (Å²) in [4.78, 5) is 23.9. The average Bonchev–Trinajstić information content (AvgIpc) is 2.56. The van der Waals surface area contributed by atoms with E-state index in [4.69, 9.17) is 23.7 Å². The van der Waals surface area contributed by atoms with Crippen molar-refractivity contribution in [2.75, 3.05) is 34.5 Å². The molecule has 146 valence electrons. The molecule has 0 aromatic heterocycles. The SMILES string of the molecule is COc1cc(C(=O)OCCNC(=O)OC(C)(C)C)c(Br)c(OC)c1OC. The van der Waals surface area contributed by atoms with Crippen molar-refractivity contribution >= 4 is 28.0 Å². The van der Waals surface area contributed by atoms with E-state index in [1.54, 1.807) is 20.8 Å². The smallest absolute Gasteiger partial charge is 0.407 e. The summed E-state index contributed by atoms with van der Waals surface area (Å²) in [5, 5.41) is 2.50. The molecule has 1 N–H and O–H groups in total. The summed E-state index contributed by atoms with van der Waals surface area (Å²) >= 11 is 3.31. The number of nitrogens with one attached hydrogen (secondary N) is 1. The Labute approximate surface area is 161 Å². The number of ether oxygens (including phenoxy) is 5. The van der Waals surface area contributed by atoms with E-state index in [-0.39, 0.29) is 18.7 Å². The van der Waals surface area contributed by atoms with Gasteiger partial charge >= 0.3 is 12.1 Å². The quantitative estimate of drug-likeness (QED) is 0.521. The Morgan fingerprint density at radius 3 is 2.19 bits per heavy atom. The molecule has 0 aliphatic carbocycles. The number of halogens is 1. The van der Waals surface area contributed by atoms with Gasteiger partial charge in [-0.1, -0.05) is 0 Å². The van der Waals surface area contributed by atoms with Crippen LogP contribution in [0.25, 0.3) is 0 Å². The van der Waals surface area contributed by atoms with Gasteiger partial charge in [-0.2, -0.15) is 0 Å². The van der Waals surface area contributed by atoms with Gasteiger partial charge < -0.3 is 29.0 Å². The molecule has 0 aliphatic rings.